The summed E-state index contributed by atoms with van der Waals surface area (Å²) in [7, 11) is 0. The molecule has 0 saturated heterocycles. The lowest BCUT2D eigenvalue weighted by Crippen LogP contribution is -2.35. The van der Waals surface area contributed by atoms with E-state index in [1.807, 2.05) is 45.0 Å². The SMILES string of the molecule is CC(NC(=O)CC(N)C(C)C)c1ccccc1Cl. The summed E-state index contributed by atoms with van der Waals surface area (Å²) in [5.41, 5.74) is 6.80. The van der Waals surface area contributed by atoms with E-state index in [0.717, 1.165) is 5.56 Å². The molecular formula is C14H21ClN2O. The highest BCUT2D eigenvalue weighted by molar-refractivity contribution is 6.31. The summed E-state index contributed by atoms with van der Waals surface area (Å²) in [6, 6.07) is 7.29. The second kappa shape index (κ2) is 6.76. The molecule has 100 valence electrons. The molecule has 1 aromatic rings. The van der Waals surface area contributed by atoms with Crippen molar-refractivity contribution in [2.24, 2.45) is 11.7 Å². The van der Waals surface area contributed by atoms with Crippen molar-refractivity contribution in [2.75, 3.05) is 0 Å². The fraction of sp³-hybridized carbons (Fsp3) is 0.500. The molecule has 0 bridgehead atoms. The average Bonchev–Trinajstić information content (AvgIpc) is 2.28. The number of rotatable bonds is 5. The van der Waals surface area contributed by atoms with Gasteiger partial charge < -0.3 is 11.1 Å². The van der Waals surface area contributed by atoms with Gasteiger partial charge in [-0.3, -0.25) is 4.79 Å². The molecule has 18 heavy (non-hydrogen) atoms. The van der Waals surface area contributed by atoms with E-state index < -0.39 is 0 Å². The molecule has 3 N–H and O–H groups in total. The first-order valence-corrected chi connectivity index (χ1v) is 6.59. The van der Waals surface area contributed by atoms with Gasteiger partial charge in [-0.25, -0.2) is 0 Å². The van der Waals surface area contributed by atoms with Gasteiger partial charge in [0.05, 0.1) is 6.04 Å². The normalized spacial score (nSPS) is 14.3. The average molecular weight is 269 g/mol. The van der Waals surface area contributed by atoms with Gasteiger partial charge in [-0.05, 0) is 24.5 Å². The van der Waals surface area contributed by atoms with Crippen molar-refractivity contribution in [2.45, 2.75) is 39.3 Å². The van der Waals surface area contributed by atoms with E-state index in [1.54, 1.807) is 0 Å². The van der Waals surface area contributed by atoms with Gasteiger partial charge in [-0.2, -0.15) is 0 Å². The Morgan fingerprint density at radius 3 is 2.50 bits per heavy atom. The first-order valence-electron chi connectivity index (χ1n) is 6.21. The molecule has 1 rings (SSSR count). The molecule has 3 nitrogen and oxygen atoms in total. The van der Waals surface area contributed by atoms with Crippen molar-refractivity contribution >= 4 is 17.5 Å². The maximum absolute atomic E-state index is 11.8. The van der Waals surface area contributed by atoms with E-state index in [2.05, 4.69) is 5.32 Å². The van der Waals surface area contributed by atoms with E-state index in [0.29, 0.717) is 17.4 Å². The van der Waals surface area contributed by atoms with Crippen LogP contribution >= 0.6 is 11.6 Å². The zero-order valence-electron chi connectivity index (χ0n) is 11.1. The third-order valence-electron chi connectivity index (χ3n) is 3.03. The van der Waals surface area contributed by atoms with Crippen molar-refractivity contribution in [3.8, 4) is 0 Å². The van der Waals surface area contributed by atoms with Gasteiger partial charge >= 0.3 is 0 Å². The second-order valence-corrected chi connectivity index (χ2v) is 5.33. The van der Waals surface area contributed by atoms with Crippen molar-refractivity contribution in [3.05, 3.63) is 34.9 Å². The topological polar surface area (TPSA) is 55.1 Å². The summed E-state index contributed by atoms with van der Waals surface area (Å²) < 4.78 is 0. The lowest BCUT2D eigenvalue weighted by atomic mass is 10.0. The third kappa shape index (κ3) is 4.31. The van der Waals surface area contributed by atoms with E-state index in [9.17, 15) is 4.79 Å². The summed E-state index contributed by atoms with van der Waals surface area (Å²) >= 11 is 6.08. The first-order chi connectivity index (χ1) is 8.41. The first kappa shape index (κ1) is 15.0. The van der Waals surface area contributed by atoms with Gasteiger partial charge in [0, 0.05) is 17.5 Å². The lowest BCUT2D eigenvalue weighted by molar-refractivity contribution is -0.122. The highest BCUT2D eigenvalue weighted by Gasteiger charge is 2.16. The molecular weight excluding hydrogens is 248 g/mol. The fourth-order valence-corrected chi connectivity index (χ4v) is 1.95. The molecule has 0 saturated carbocycles. The molecule has 2 unspecified atom stereocenters. The van der Waals surface area contributed by atoms with E-state index in [1.165, 1.54) is 0 Å². The van der Waals surface area contributed by atoms with Crippen LogP contribution in [0.5, 0.6) is 0 Å². The summed E-state index contributed by atoms with van der Waals surface area (Å²) in [6.07, 6.45) is 0.340. The van der Waals surface area contributed by atoms with Crippen LogP contribution in [0.2, 0.25) is 5.02 Å². The third-order valence-corrected chi connectivity index (χ3v) is 3.37. The molecule has 0 aliphatic carbocycles. The number of carbonyl (C=O) groups excluding carboxylic acids is 1. The number of amides is 1. The largest absolute Gasteiger partial charge is 0.349 e. The summed E-state index contributed by atoms with van der Waals surface area (Å²) in [6.45, 7) is 5.94. The van der Waals surface area contributed by atoms with Crippen LogP contribution in [0.25, 0.3) is 0 Å². The molecule has 0 spiro atoms. The van der Waals surface area contributed by atoms with Crippen LogP contribution in [-0.4, -0.2) is 11.9 Å². The van der Waals surface area contributed by atoms with Gasteiger partial charge in [0.2, 0.25) is 5.91 Å². The maximum atomic E-state index is 11.8. The zero-order valence-corrected chi connectivity index (χ0v) is 11.9. The number of nitrogens with two attached hydrogens (primary N) is 1. The molecule has 0 aromatic heterocycles. The number of hydrogen-bond donors (Lipinski definition) is 2. The number of hydrogen-bond acceptors (Lipinski definition) is 2. The maximum Gasteiger partial charge on any atom is 0.222 e. The van der Waals surface area contributed by atoms with E-state index in [-0.39, 0.29) is 18.0 Å². The minimum Gasteiger partial charge on any atom is -0.349 e. The van der Waals surface area contributed by atoms with Crippen LogP contribution in [0.3, 0.4) is 0 Å². The second-order valence-electron chi connectivity index (χ2n) is 4.92. The molecule has 2 atom stereocenters. The number of nitrogens with one attached hydrogen (secondary N) is 1. The van der Waals surface area contributed by atoms with Gasteiger partial charge in [0.15, 0.2) is 0 Å². The van der Waals surface area contributed by atoms with Crippen molar-refractivity contribution in [3.63, 3.8) is 0 Å². The van der Waals surface area contributed by atoms with Crippen molar-refractivity contribution in [1.82, 2.24) is 5.32 Å². The van der Waals surface area contributed by atoms with E-state index >= 15 is 0 Å². The summed E-state index contributed by atoms with van der Waals surface area (Å²) in [5, 5.41) is 3.58. The Hall–Kier alpha value is -1.06. The number of halogens is 1. The number of carbonyl (C=O) groups is 1. The van der Waals surface area contributed by atoms with Crippen molar-refractivity contribution in [1.29, 1.82) is 0 Å². The van der Waals surface area contributed by atoms with Crippen LogP contribution in [0.1, 0.15) is 38.8 Å². The molecule has 1 aromatic carbocycles. The molecule has 0 radical (unpaired) electrons. The molecule has 0 heterocycles. The summed E-state index contributed by atoms with van der Waals surface area (Å²) in [5.74, 6) is 0.259. The Kier molecular flexibility index (Phi) is 5.63. The molecule has 0 aliphatic rings. The van der Waals surface area contributed by atoms with Crippen LogP contribution in [-0.2, 0) is 4.79 Å². The zero-order chi connectivity index (χ0) is 13.7. The Labute approximate surface area is 114 Å². The van der Waals surface area contributed by atoms with E-state index in [4.69, 9.17) is 17.3 Å². The molecule has 0 fully saturated rings. The van der Waals surface area contributed by atoms with Gasteiger partial charge in [0.1, 0.15) is 0 Å². The van der Waals surface area contributed by atoms with Crippen LogP contribution < -0.4 is 11.1 Å². The lowest BCUT2D eigenvalue weighted by Gasteiger charge is -2.19. The standard InChI is InChI=1S/C14H21ClN2O/c1-9(2)13(16)8-14(18)17-10(3)11-6-4-5-7-12(11)15/h4-7,9-10,13H,8,16H2,1-3H3,(H,17,18). The Morgan fingerprint density at radius 1 is 1.33 bits per heavy atom. The minimum atomic E-state index is -0.108. The Morgan fingerprint density at radius 2 is 1.94 bits per heavy atom. The van der Waals surface area contributed by atoms with Gasteiger partial charge in [0.25, 0.3) is 0 Å². The highest BCUT2D eigenvalue weighted by atomic mass is 35.5. The number of benzene rings is 1. The highest BCUT2D eigenvalue weighted by Crippen LogP contribution is 2.22. The summed E-state index contributed by atoms with van der Waals surface area (Å²) in [4.78, 5) is 11.8. The fourth-order valence-electron chi connectivity index (χ4n) is 1.65. The van der Waals surface area contributed by atoms with Crippen LogP contribution in [0.15, 0.2) is 24.3 Å². The Bertz CT molecular complexity index is 407. The smallest absolute Gasteiger partial charge is 0.222 e. The molecule has 1 amide bonds. The minimum absolute atomic E-state index is 0.0383. The Balaban J connectivity index is 2.58. The van der Waals surface area contributed by atoms with Gasteiger partial charge in [-0.15, -0.1) is 0 Å². The van der Waals surface area contributed by atoms with Gasteiger partial charge in [-0.1, -0.05) is 43.6 Å². The quantitative estimate of drug-likeness (QED) is 0.863. The van der Waals surface area contributed by atoms with Crippen molar-refractivity contribution < 1.29 is 4.79 Å². The predicted molar refractivity (Wildman–Crippen MR) is 75.4 cm³/mol. The molecule has 4 heteroatoms. The predicted octanol–water partition coefficient (Wildman–Crippen LogP) is 2.89. The van der Waals surface area contributed by atoms with Crippen LogP contribution in [0.4, 0.5) is 0 Å². The monoisotopic (exact) mass is 268 g/mol. The molecule has 0 aliphatic heterocycles. The van der Waals surface area contributed by atoms with Crippen LogP contribution in [0, 0.1) is 5.92 Å².